The van der Waals surface area contributed by atoms with Gasteiger partial charge in [0.25, 0.3) is 0 Å². The molecule has 1 aromatic rings. The molecule has 2 rings (SSSR count). The van der Waals surface area contributed by atoms with Crippen molar-refractivity contribution in [3.8, 4) is 0 Å². The van der Waals surface area contributed by atoms with E-state index in [9.17, 15) is 0 Å². The van der Waals surface area contributed by atoms with Crippen LogP contribution in [-0.4, -0.2) is 6.04 Å². The minimum atomic E-state index is 0.543. The molecular formula is C12H14ClN. The summed E-state index contributed by atoms with van der Waals surface area (Å²) in [6.07, 6.45) is 5.28. The Balaban J connectivity index is 2.18. The number of aryl methyl sites for hydroxylation is 1. The van der Waals surface area contributed by atoms with Crippen molar-refractivity contribution in [2.75, 3.05) is 5.32 Å². The fourth-order valence-corrected chi connectivity index (χ4v) is 2.10. The molecule has 1 atom stereocenters. The van der Waals surface area contributed by atoms with Crippen LogP contribution in [0.3, 0.4) is 0 Å². The first-order valence-corrected chi connectivity index (χ1v) is 5.33. The molecule has 2 heteroatoms. The number of benzene rings is 1. The van der Waals surface area contributed by atoms with Crippen LogP contribution in [0.15, 0.2) is 30.9 Å². The van der Waals surface area contributed by atoms with Gasteiger partial charge in [0.2, 0.25) is 0 Å². The number of fused-ring (bicyclic) bond motifs is 1. The summed E-state index contributed by atoms with van der Waals surface area (Å²) in [6.45, 7) is 3.76. The third-order valence-corrected chi connectivity index (χ3v) is 2.88. The van der Waals surface area contributed by atoms with E-state index in [1.807, 2.05) is 18.2 Å². The third kappa shape index (κ3) is 1.93. The van der Waals surface area contributed by atoms with Gasteiger partial charge < -0.3 is 5.32 Å². The largest absolute Gasteiger partial charge is 0.382 e. The van der Waals surface area contributed by atoms with Gasteiger partial charge in [0, 0.05) is 16.8 Å². The average Bonchev–Trinajstić information content (AvgIpc) is 2.19. The van der Waals surface area contributed by atoms with E-state index in [-0.39, 0.29) is 0 Å². The van der Waals surface area contributed by atoms with Gasteiger partial charge in [-0.2, -0.15) is 0 Å². The maximum absolute atomic E-state index is 5.93. The summed E-state index contributed by atoms with van der Waals surface area (Å²) >= 11 is 5.93. The summed E-state index contributed by atoms with van der Waals surface area (Å²) in [6, 6.07) is 6.59. The van der Waals surface area contributed by atoms with E-state index >= 15 is 0 Å². The summed E-state index contributed by atoms with van der Waals surface area (Å²) in [4.78, 5) is 0. The van der Waals surface area contributed by atoms with Gasteiger partial charge in [-0.25, -0.2) is 0 Å². The molecule has 14 heavy (non-hydrogen) atoms. The van der Waals surface area contributed by atoms with E-state index < -0.39 is 0 Å². The van der Waals surface area contributed by atoms with Crippen molar-refractivity contribution >= 4 is 17.3 Å². The van der Waals surface area contributed by atoms with E-state index in [0.717, 1.165) is 17.9 Å². The summed E-state index contributed by atoms with van der Waals surface area (Å²) in [5, 5.41) is 4.32. The molecule has 0 amide bonds. The van der Waals surface area contributed by atoms with Crippen molar-refractivity contribution in [2.45, 2.75) is 25.3 Å². The van der Waals surface area contributed by atoms with Crippen LogP contribution in [0.5, 0.6) is 0 Å². The number of nitrogens with one attached hydrogen (secondary N) is 1. The van der Waals surface area contributed by atoms with Crippen LogP contribution in [0.4, 0.5) is 5.69 Å². The molecule has 1 heterocycles. The minimum Gasteiger partial charge on any atom is -0.382 e. The molecule has 74 valence electrons. The van der Waals surface area contributed by atoms with Gasteiger partial charge in [-0.15, -0.1) is 6.58 Å². The second-order valence-corrected chi connectivity index (χ2v) is 4.14. The summed E-state index contributed by atoms with van der Waals surface area (Å²) in [5.74, 6) is 0. The smallest absolute Gasteiger partial charge is 0.0410 e. The Labute approximate surface area is 89.8 Å². The van der Waals surface area contributed by atoms with E-state index in [1.54, 1.807) is 0 Å². The monoisotopic (exact) mass is 207 g/mol. The van der Waals surface area contributed by atoms with Crippen molar-refractivity contribution < 1.29 is 0 Å². The normalized spacial score (nSPS) is 19.6. The number of anilines is 1. The highest BCUT2D eigenvalue weighted by Gasteiger charge is 2.16. The highest BCUT2D eigenvalue weighted by molar-refractivity contribution is 6.30. The molecule has 0 bridgehead atoms. The van der Waals surface area contributed by atoms with Crippen LogP contribution < -0.4 is 5.32 Å². The molecule has 0 aromatic heterocycles. The van der Waals surface area contributed by atoms with Gasteiger partial charge in [-0.05, 0) is 43.0 Å². The van der Waals surface area contributed by atoms with Crippen molar-refractivity contribution in [3.05, 3.63) is 41.4 Å². The van der Waals surface area contributed by atoms with Crippen LogP contribution in [0.25, 0.3) is 0 Å². The van der Waals surface area contributed by atoms with Crippen LogP contribution in [0, 0.1) is 0 Å². The first-order chi connectivity index (χ1) is 6.79. The van der Waals surface area contributed by atoms with Crippen LogP contribution in [-0.2, 0) is 6.42 Å². The highest BCUT2D eigenvalue weighted by atomic mass is 35.5. The van der Waals surface area contributed by atoms with Gasteiger partial charge in [-0.3, -0.25) is 0 Å². The molecule has 0 radical (unpaired) electrons. The molecule has 0 spiro atoms. The summed E-state index contributed by atoms with van der Waals surface area (Å²) < 4.78 is 0. The Morgan fingerprint density at radius 2 is 2.43 bits per heavy atom. The zero-order chi connectivity index (χ0) is 9.97. The van der Waals surface area contributed by atoms with Gasteiger partial charge in [0.05, 0.1) is 0 Å². The maximum Gasteiger partial charge on any atom is 0.0410 e. The van der Waals surface area contributed by atoms with Gasteiger partial charge >= 0.3 is 0 Å². The molecule has 1 nitrogen and oxygen atoms in total. The predicted molar refractivity (Wildman–Crippen MR) is 62.0 cm³/mol. The number of hydrogen-bond donors (Lipinski definition) is 1. The zero-order valence-corrected chi connectivity index (χ0v) is 8.85. The van der Waals surface area contributed by atoms with Crippen molar-refractivity contribution in [3.63, 3.8) is 0 Å². The van der Waals surface area contributed by atoms with Gasteiger partial charge in [0.1, 0.15) is 0 Å². The van der Waals surface area contributed by atoms with Gasteiger partial charge in [0.15, 0.2) is 0 Å². The van der Waals surface area contributed by atoms with Crippen LogP contribution in [0.1, 0.15) is 18.4 Å². The average molecular weight is 208 g/mol. The molecule has 1 unspecified atom stereocenters. The molecule has 1 aromatic carbocycles. The highest BCUT2D eigenvalue weighted by Crippen LogP contribution is 2.28. The quantitative estimate of drug-likeness (QED) is 0.731. The van der Waals surface area contributed by atoms with E-state index in [1.165, 1.54) is 17.7 Å². The first kappa shape index (κ1) is 9.60. The number of halogens is 1. The van der Waals surface area contributed by atoms with E-state index in [2.05, 4.69) is 18.0 Å². The molecule has 0 saturated carbocycles. The van der Waals surface area contributed by atoms with Crippen molar-refractivity contribution in [1.82, 2.24) is 0 Å². The second kappa shape index (κ2) is 4.05. The third-order valence-electron chi connectivity index (χ3n) is 2.64. The lowest BCUT2D eigenvalue weighted by atomic mass is 9.96. The van der Waals surface area contributed by atoms with Crippen molar-refractivity contribution in [1.29, 1.82) is 0 Å². The molecular weight excluding hydrogens is 194 g/mol. The van der Waals surface area contributed by atoms with E-state index in [0.29, 0.717) is 6.04 Å². The zero-order valence-electron chi connectivity index (χ0n) is 8.09. The molecule has 0 aliphatic carbocycles. The van der Waals surface area contributed by atoms with Crippen LogP contribution in [0.2, 0.25) is 5.02 Å². The SMILES string of the molecule is C=CCC1CCc2cc(Cl)ccc2N1. The lowest BCUT2D eigenvalue weighted by Gasteiger charge is -2.26. The Morgan fingerprint density at radius 1 is 1.57 bits per heavy atom. The Kier molecular flexibility index (Phi) is 2.78. The fourth-order valence-electron chi connectivity index (χ4n) is 1.91. The number of hydrogen-bond acceptors (Lipinski definition) is 1. The molecule has 1 N–H and O–H groups in total. The summed E-state index contributed by atoms with van der Waals surface area (Å²) in [5.41, 5.74) is 2.56. The predicted octanol–water partition coefficient (Wildman–Crippen LogP) is 3.64. The lowest BCUT2D eigenvalue weighted by Crippen LogP contribution is -2.24. The topological polar surface area (TPSA) is 12.0 Å². The first-order valence-electron chi connectivity index (χ1n) is 4.95. The molecule has 0 saturated heterocycles. The van der Waals surface area contributed by atoms with Crippen molar-refractivity contribution in [2.24, 2.45) is 0 Å². The maximum atomic E-state index is 5.93. The summed E-state index contributed by atoms with van der Waals surface area (Å²) in [7, 11) is 0. The lowest BCUT2D eigenvalue weighted by molar-refractivity contribution is 0.639. The minimum absolute atomic E-state index is 0.543. The Bertz CT molecular complexity index is 346. The molecule has 0 fully saturated rings. The second-order valence-electron chi connectivity index (χ2n) is 3.71. The number of rotatable bonds is 2. The standard InChI is InChI=1S/C12H14ClN/c1-2-3-11-6-4-9-8-10(13)5-7-12(9)14-11/h2,5,7-8,11,14H,1,3-4,6H2. The molecule has 1 aliphatic rings. The van der Waals surface area contributed by atoms with Crippen LogP contribution >= 0.6 is 11.6 Å². The Hall–Kier alpha value is -0.950. The molecule has 1 aliphatic heterocycles. The van der Waals surface area contributed by atoms with Gasteiger partial charge in [-0.1, -0.05) is 17.7 Å². The fraction of sp³-hybridized carbons (Fsp3) is 0.333. The Morgan fingerprint density at radius 3 is 3.21 bits per heavy atom. The van der Waals surface area contributed by atoms with E-state index in [4.69, 9.17) is 11.6 Å².